The molecule has 0 aliphatic carbocycles. The molecule has 0 spiro atoms. The molecule has 9 heteroatoms. The highest BCUT2D eigenvalue weighted by atomic mass is 32.2. The molecule has 0 saturated carbocycles. The van der Waals surface area contributed by atoms with E-state index in [9.17, 15) is 8.42 Å². The molecule has 0 radical (unpaired) electrons. The van der Waals surface area contributed by atoms with Gasteiger partial charge in [0.15, 0.2) is 5.82 Å². The minimum absolute atomic E-state index is 0.214. The maximum absolute atomic E-state index is 13.3. The Kier molecular flexibility index (Phi) is 5.10. The van der Waals surface area contributed by atoms with Gasteiger partial charge >= 0.3 is 0 Å². The Morgan fingerprint density at radius 2 is 2.11 bits per heavy atom. The SMILES string of the molecule is COc1cccc(S(=O)(=O)N2CCCCC2c2nc(-c3cccnc3)n[nH]2)c1. The minimum Gasteiger partial charge on any atom is -0.497 e. The second-order valence-corrected chi connectivity index (χ2v) is 8.48. The summed E-state index contributed by atoms with van der Waals surface area (Å²) in [5, 5.41) is 7.19. The summed E-state index contributed by atoms with van der Waals surface area (Å²) in [5.74, 6) is 1.56. The van der Waals surface area contributed by atoms with Crippen LogP contribution in [0.3, 0.4) is 0 Å². The van der Waals surface area contributed by atoms with Gasteiger partial charge in [0.25, 0.3) is 0 Å². The van der Waals surface area contributed by atoms with Gasteiger partial charge in [-0.05, 0) is 37.1 Å². The number of hydrogen-bond acceptors (Lipinski definition) is 6. The van der Waals surface area contributed by atoms with Crippen LogP contribution in [0.5, 0.6) is 5.75 Å². The van der Waals surface area contributed by atoms with Gasteiger partial charge < -0.3 is 4.74 Å². The molecule has 1 aromatic carbocycles. The van der Waals surface area contributed by atoms with E-state index in [1.807, 2.05) is 12.1 Å². The lowest BCUT2D eigenvalue weighted by Crippen LogP contribution is -2.39. The Balaban J connectivity index is 1.68. The number of pyridine rings is 1. The zero-order valence-electron chi connectivity index (χ0n) is 15.4. The van der Waals surface area contributed by atoms with Crippen LogP contribution in [0.15, 0.2) is 53.7 Å². The normalized spacial score (nSPS) is 18.1. The van der Waals surface area contributed by atoms with Crippen LogP contribution in [0.1, 0.15) is 31.1 Å². The van der Waals surface area contributed by atoms with E-state index in [4.69, 9.17) is 4.74 Å². The number of aromatic amines is 1. The summed E-state index contributed by atoms with van der Waals surface area (Å²) in [6, 6.07) is 9.83. The van der Waals surface area contributed by atoms with Crippen molar-refractivity contribution in [3.05, 3.63) is 54.6 Å². The first-order chi connectivity index (χ1) is 13.6. The standard InChI is InChI=1S/C19H21N5O3S/c1-27-15-7-4-8-16(12-15)28(25,26)24-11-3-2-9-17(24)19-21-18(22-23-19)14-6-5-10-20-13-14/h4-8,10,12-13,17H,2-3,9,11H2,1H3,(H,21,22,23). The molecule has 1 N–H and O–H groups in total. The van der Waals surface area contributed by atoms with Gasteiger partial charge in [0.2, 0.25) is 10.0 Å². The average Bonchev–Trinajstić information content (AvgIpc) is 3.24. The van der Waals surface area contributed by atoms with Gasteiger partial charge in [-0.1, -0.05) is 12.5 Å². The zero-order chi connectivity index (χ0) is 19.6. The maximum atomic E-state index is 13.3. The number of nitrogens with zero attached hydrogens (tertiary/aromatic N) is 4. The Morgan fingerprint density at radius 3 is 2.89 bits per heavy atom. The number of sulfonamides is 1. The van der Waals surface area contributed by atoms with Gasteiger partial charge in [-0.15, -0.1) is 0 Å². The largest absolute Gasteiger partial charge is 0.497 e. The highest BCUT2D eigenvalue weighted by molar-refractivity contribution is 7.89. The summed E-state index contributed by atoms with van der Waals surface area (Å²) in [6.07, 6.45) is 5.78. The van der Waals surface area contributed by atoms with Crippen molar-refractivity contribution >= 4 is 10.0 Å². The molecule has 146 valence electrons. The van der Waals surface area contributed by atoms with Gasteiger partial charge in [-0.2, -0.15) is 9.40 Å². The summed E-state index contributed by atoms with van der Waals surface area (Å²) < 4.78 is 33.3. The molecule has 1 atom stereocenters. The van der Waals surface area contributed by atoms with Crippen LogP contribution in [0.2, 0.25) is 0 Å². The number of hydrogen-bond donors (Lipinski definition) is 1. The molecule has 0 amide bonds. The fraction of sp³-hybridized carbons (Fsp3) is 0.316. The van der Waals surface area contributed by atoms with Gasteiger partial charge in [-0.3, -0.25) is 10.1 Å². The van der Waals surface area contributed by atoms with E-state index >= 15 is 0 Å². The van der Waals surface area contributed by atoms with E-state index < -0.39 is 10.0 Å². The van der Waals surface area contributed by atoms with Crippen LogP contribution in [0, 0.1) is 0 Å². The van der Waals surface area contributed by atoms with E-state index in [2.05, 4.69) is 20.2 Å². The van der Waals surface area contributed by atoms with Crippen LogP contribution in [-0.2, 0) is 10.0 Å². The van der Waals surface area contributed by atoms with Crippen molar-refractivity contribution in [2.45, 2.75) is 30.2 Å². The fourth-order valence-electron chi connectivity index (χ4n) is 3.41. The highest BCUT2D eigenvalue weighted by Gasteiger charge is 2.36. The van der Waals surface area contributed by atoms with Crippen LogP contribution in [-0.4, -0.2) is 46.5 Å². The molecule has 3 aromatic rings. The lowest BCUT2D eigenvalue weighted by atomic mass is 10.0. The first kappa shape index (κ1) is 18.6. The first-order valence-electron chi connectivity index (χ1n) is 9.08. The van der Waals surface area contributed by atoms with Crippen molar-refractivity contribution in [1.82, 2.24) is 24.5 Å². The summed E-state index contributed by atoms with van der Waals surface area (Å²) in [6.45, 7) is 0.438. The van der Waals surface area contributed by atoms with Gasteiger partial charge in [-0.25, -0.2) is 13.4 Å². The van der Waals surface area contributed by atoms with E-state index in [1.54, 1.807) is 36.7 Å². The van der Waals surface area contributed by atoms with E-state index in [0.29, 0.717) is 30.4 Å². The Bertz CT molecular complexity index is 1050. The lowest BCUT2D eigenvalue weighted by molar-refractivity contribution is 0.247. The molecule has 2 aromatic heterocycles. The predicted molar refractivity (Wildman–Crippen MR) is 103 cm³/mol. The van der Waals surface area contributed by atoms with Crippen LogP contribution < -0.4 is 4.74 Å². The van der Waals surface area contributed by atoms with Crippen LogP contribution >= 0.6 is 0 Å². The highest BCUT2D eigenvalue weighted by Crippen LogP contribution is 2.35. The number of piperidine rings is 1. The molecular formula is C19H21N5O3S. The average molecular weight is 399 g/mol. The molecule has 1 fully saturated rings. The third-order valence-corrected chi connectivity index (χ3v) is 6.74. The summed E-state index contributed by atoms with van der Waals surface area (Å²) in [5.41, 5.74) is 0.781. The number of nitrogens with one attached hydrogen (secondary N) is 1. The van der Waals surface area contributed by atoms with Crippen molar-refractivity contribution in [2.75, 3.05) is 13.7 Å². The number of rotatable bonds is 5. The number of ether oxygens (including phenoxy) is 1. The van der Waals surface area contributed by atoms with Crippen LogP contribution in [0.4, 0.5) is 0 Å². The van der Waals surface area contributed by atoms with E-state index in [1.165, 1.54) is 11.4 Å². The van der Waals surface area contributed by atoms with Gasteiger partial charge in [0, 0.05) is 30.6 Å². The second-order valence-electron chi connectivity index (χ2n) is 6.59. The molecule has 0 bridgehead atoms. The lowest BCUT2D eigenvalue weighted by Gasteiger charge is -2.33. The number of methoxy groups -OCH3 is 1. The molecule has 4 rings (SSSR count). The Morgan fingerprint density at radius 1 is 1.21 bits per heavy atom. The molecular weight excluding hydrogens is 378 g/mol. The number of aromatic nitrogens is 4. The van der Waals surface area contributed by atoms with Gasteiger partial charge in [0.1, 0.15) is 11.6 Å². The molecule has 1 aliphatic rings. The predicted octanol–water partition coefficient (Wildman–Crippen LogP) is 2.79. The van der Waals surface area contributed by atoms with Crippen molar-refractivity contribution in [3.63, 3.8) is 0 Å². The third kappa shape index (κ3) is 3.50. The summed E-state index contributed by atoms with van der Waals surface area (Å²) in [7, 11) is -2.18. The molecule has 3 heterocycles. The fourth-order valence-corrected chi connectivity index (χ4v) is 5.11. The smallest absolute Gasteiger partial charge is 0.243 e. The second kappa shape index (κ2) is 7.69. The van der Waals surface area contributed by atoms with E-state index in [-0.39, 0.29) is 10.9 Å². The zero-order valence-corrected chi connectivity index (χ0v) is 16.3. The van der Waals surface area contributed by atoms with Gasteiger partial charge in [0.05, 0.1) is 18.0 Å². The van der Waals surface area contributed by atoms with Crippen molar-refractivity contribution in [2.24, 2.45) is 0 Å². The molecule has 1 saturated heterocycles. The van der Waals surface area contributed by atoms with Crippen molar-refractivity contribution in [1.29, 1.82) is 0 Å². The minimum atomic E-state index is -3.69. The monoisotopic (exact) mass is 399 g/mol. The third-order valence-electron chi connectivity index (χ3n) is 4.84. The first-order valence-corrected chi connectivity index (χ1v) is 10.5. The molecule has 8 nitrogen and oxygen atoms in total. The van der Waals surface area contributed by atoms with Crippen LogP contribution in [0.25, 0.3) is 11.4 Å². The van der Waals surface area contributed by atoms with E-state index in [0.717, 1.165) is 18.4 Å². The number of H-pyrrole nitrogens is 1. The number of benzene rings is 1. The molecule has 28 heavy (non-hydrogen) atoms. The molecule has 1 unspecified atom stereocenters. The van der Waals surface area contributed by atoms with Crippen molar-refractivity contribution in [3.8, 4) is 17.1 Å². The topological polar surface area (TPSA) is 101 Å². The quantitative estimate of drug-likeness (QED) is 0.708. The maximum Gasteiger partial charge on any atom is 0.243 e. The van der Waals surface area contributed by atoms with Crippen molar-refractivity contribution < 1.29 is 13.2 Å². The molecule has 1 aliphatic heterocycles. The summed E-state index contributed by atoms with van der Waals surface area (Å²) >= 11 is 0. The Hall–Kier alpha value is -2.78. The summed E-state index contributed by atoms with van der Waals surface area (Å²) in [4.78, 5) is 8.85. The Labute approximate surface area is 163 Å².